The summed E-state index contributed by atoms with van der Waals surface area (Å²) in [5.41, 5.74) is -0.541. The van der Waals surface area contributed by atoms with Crippen LogP contribution in [-0.2, 0) is 16.0 Å². The van der Waals surface area contributed by atoms with Gasteiger partial charge >= 0.3 is 12.3 Å². The molecule has 0 saturated heterocycles. The first-order chi connectivity index (χ1) is 9.05. The maximum absolute atomic E-state index is 13.5. The van der Waals surface area contributed by atoms with Crippen molar-refractivity contribution in [3.8, 4) is 5.75 Å². The third-order valence-electron chi connectivity index (χ3n) is 2.61. The molecule has 7 heteroatoms. The predicted octanol–water partition coefficient (Wildman–Crippen LogP) is 3.47. The molecule has 0 aliphatic rings. The van der Waals surface area contributed by atoms with E-state index in [1.807, 2.05) is 0 Å². The number of carbonyl (C=O) groups excluding carboxylic acids is 1. The van der Waals surface area contributed by atoms with Crippen molar-refractivity contribution in [2.75, 3.05) is 7.11 Å². The third kappa shape index (κ3) is 4.40. The Morgan fingerprint density at radius 3 is 2.30 bits per heavy atom. The number of methoxy groups -OCH3 is 1. The van der Waals surface area contributed by atoms with Crippen LogP contribution in [0.1, 0.15) is 19.4 Å². The molecule has 0 bridgehead atoms. The number of hydrogen-bond donors (Lipinski definition) is 0. The maximum atomic E-state index is 13.5. The van der Waals surface area contributed by atoms with E-state index < -0.39 is 29.3 Å². The topological polar surface area (TPSA) is 35.5 Å². The molecule has 0 radical (unpaired) electrons. The summed E-state index contributed by atoms with van der Waals surface area (Å²) in [6, 6.07) is 3.06. The van der Waals surface area contributed by atoms with Crippen LogP contribution in [0.25, 0.3) is 0 Å². The predicted molar refractivity (Wildman–Crippen MR) is 62.6 cm³/mol. The smallest absolute Gasteiger partial charge is 0.469 e. The third-order valence-corrected chi connectivity index (χ3v) is 2.61. The highest BCUT2D eigenvalue weighted by atomic mass is 19.4. The second-order valence-electron chi connectivity index (χ2n) is 4.86. The molecule has 1 aromatic rings. The molecule has 0 atom stereocenters. The van der Waals surface area contributed by atoms with Crippen molar-refractivity contribution in [1.82, 2.24) is 0 Å². The van der Waals surface area contributed by atoms with Gasteiger partial charge in [-0.05, 0) is 38.0 Å². The normalized spacial score (nSPS) is 12.2. The average molecular weight is 294 g/mol. The molecule has 1 rings (SSSR count). The minimum absolute atomic E-state index is 0.128. The molecule has 0 aliphatic carbocycles. The molecule has 0 unspecified atom stereocenters. The van der Waals surface area contributed by atoms with Crippen molar-refractivity contribution < 1.29 is 31.8 Å². The van der Waals surface area contributed by atoms with E-state index in [1.165, 1.54) is 13.2 Å². The van der Waals surface area contributed by atoms with Crippen LogP contribution < -0.4 is 4.74 Å². The number of carbonyl (C=O) groups is 1. The number of esters is 1. The number of alkyl halides is 3. The number of hydrogen-bond acceptors (Lipinski definition) is 3. The lowest BCUT2D eigenvalue weighted by Crippen LogP contribution is -2.28. The van der Waals surface area contributed by atoms with Crippen molar-refractivity contribution in [3.63, 3.8) is 0 Å². The highest BCUT2D eigenvalue weighted by molar-refractivity contribution is 5.76. The lowest BCUT2D eigenvalue weighted by molar-refractivity contribution is -0.275. The van der Waals surface area contributed by atoms with Gasteiger partial charge in [-0.15, -0.1) is 13.2 Å². The standard InChI is InChI=1S/C13H14F4O3/c1-12(2,11(18)19-3)7-8-4-5-10(9(14)6-8)20-13(15,16)17/h4-6H,7H2,1-3H3. The van der Waals surface area contributed by atoms with Crippen molar-refractivity contribution >= 4 is 5.97 Å². The van der Waals surface area contributed by atoms with E-state index in [0.717, 1.165) is 12.1 Å². The molecule has 0 aliphatic heterocycles. The molecule has 0 amide bonds. The van der Waals surface area contributed by atoms with Crippen molar-refractivity contribution in [3.05, 3.63) is 29.6 Å². The molecule has 0 fully saturated rings. The molecule has 0 N–H and O–H groups in total. The minimum atomic E-state index is -4.95. The number of ether oxygens (including phenoxy) is 2. The van der Waals surface area contributed by atoms with E-state index >= 15 is 0 Å². The Morgan fingerprint density at radius 2 is 1.85 bits per heavy atom. The maximum Gasteiger partial charge on any atom is 0.573 e. The van der Waals surface area contributed by atoms with Gasteiger partial charge in [-0.3, -0.25) is 4.79 Å². The minimum Gasteiger partial charge on any atom is -0.469 e. The van der Waals surface area contributed by atoms with Crippen LogP contribution in [0.4, 0.5) is 17.6 Å². The van der Waals surface area contributed by atoms with Crippen LogP contribution in [0.15, 0.2) is 18.2 Å². The van der Waals surface area contributed by atoms with E-state index in [-0.39, 0.29) is 6.42 Å². The second kappa shape index (κ2) is 5.68. The molecule has 1 aromatic carbocycles. The Hall–Kier alpha value is -1.79. The van der Waals surface area contributed by atoms with Gasteiger partial charge in [0.1, 0.15) is 0 Å². The lowest BCUT2D eigenvalue weighted by Gasteiger charge is -2.21. The Bertz CT molecular complexity index is 495. The summed E-state index contributed by atoms with van der Waals surface area (Å²) >= 11 is 0. The summed E-state index contributed by atoms with van der Waals surface area (Å²) in [4.78, 5) is 11.5. The van der Waals surface area contributed by atoms with Crippen LogP contribution >= 0.6 is 0 Å². The lowest BCUT2D eigenvalue weighted by atomic mass is 9.86. The van der Waals surface area contributed by atoms with E-state index in [1.54, 1.807) is 13.8 Å². The van der Waals surface area contributed by atoms with Crippen LogP contribution in [0.3, 0.4) is 0 Å². The second-order valence-corrected chi connectivity index (χ2v) is 4.86. The molecule has 20 heavy (non-hydrogen) atoms. The molecule has 0 aromatic heterocycles. The summed E-state index contributed by atoms with van der Waals surface area (Å²) < 4.78 is 57.6. The van der Waals surface area contributed by atoms with E-state index in [0.29, 0.717) is 5.56 Å². The first kappa shape index (κ1) is 16.3. The van der Waals surface area contributed by atoms with Gasteiger partial charge in [0.25, 0.3) is 0 Å². The van der Waals surface area contributed by atoms with Crippen molar-refractivity contribution in [2.24, 2.45) is 5.41 Å². The molecule has 0 heterocycles. The van der Waals surface area contributed by atoms with Crippen molar-refractivity contribution in [1.29, 1.82) is 0 Å². The van der Waals surface area contributed by atoms with E-state index in [4.69, 9.17) is 0 Å². The van der Waals surface area contributed by atoms with Crippen LogP contribution in [0.2, 0.25) is 0 Å². The van der Waals surface area contributed by atoms with Gasteiger partial charge in [0.05, 0.1) is 12.5 Å². The van der Waals surface area contributed by atoms with E-state index in [9.17, 15) is 22.4 Å². The monoisotopic (exact) mass is 294 g/mol. The summed E-state index contributed by atoms with van der Waals surface area (Å²) in [6.45, 7) is 3.19. The summed E-state index contributed by atoms with van der Waals surface area (Å²) in [5, 5.41) is 0. The highest BCUT2D eigenvalue weighted by Gasteiger charge is 2.33. The summed E-state index contributed by atoms with van der Waals surface area (Å²) in [7, 11) is 1.23. The van der Waals surface area contributed by atoms with Crippen LogP contribution in [-0.4, -0.2) is 19.4 Å². The molecule has 0 spiro atoms. The molecular weight excluding hydrogens is 280 g/mol. The molecular formula is C13H14F4O3. The fourth-order valence-corrected chi connectivity index (χ4v) is 1.72. The Balaban J connectivity index is 2.91. The van der Waals surface area contributed by atoms with Gasteiger partial charge in [0.2, 0.25) is 0 Å². The van der Waals surface area contributed by atoms with Crippen LogP contribution in [0, 0.1) is 11.2 Å². The Labute approximate surface area is 113 Å². The van der Waals surface area contributed by atoms with Gasteiger partial charge in [-0.2, -0.15) is 0 Å². The van der Waals surface area contributed by atoms with E-state index in [2.05, 4.69) is 9.47 Å². The number of benzene rings is 1. The van der Waals surface area contributed by atoms with Gasteiger partial charge in [-0.1, -0.05) is 6.07 Å². The summed E-state index contributed by atoms with van der Waals surface area (Å²) in [6.07, 6.45) is -4.82. The fraction of sp³-hybridized carbons (Fsp3) is 0.462. The zero-order chi connectivity index (χ0) is 15.6. The number of rotatable bonds is 4. The molecule has 3 nitrogen and oxygen atoms in total. The zero-order valence-electron chi connectivity index (χ0n) is 11.2. The van der Waals surface area contributed by atoms with Crippen molar-refractivity contribution in [2.45, 2.75) is 26.6 Å². The zero-order valence-corrected chi connectivity index (χ0v) is 11.2. The fourth-order valence-electron chi connectivity index (χ4n) is 1.72. The largest absolute Gasteiger partial charge is 0.573 e. The summed E-state index contributed by atoms with van der Waals surface area (Å²) in [5.74, 6) is -2.54. The highest BCUT2D eigenvalue weighted by Crippen LogP contribution is 2.29. The SMILES string of the molecule is COC(=O)C(C)(C)Cc1ccc(OC(F)(F)F)c(F)c1. The number of halogens is 4. The first-order valence-electron chi connectivity index (χ1n) is 5.68. The van der Waals surface area contributed by atoms with Gasteiger partial charge in [0, 0.05) is 0 Å². The Kier molecular flexibility index (Phi) is 4.62. The average Bonchev–Trinajstić information content (AvgIpc) is 2.29. The molecule has 112 valence electrons. The van der Waals surface area contributed by atoms with Gasteiger partial charge in [0.15, 0.2) is 11.6 Å². The van der Waals surface area contributed by atoms with Gasteiger partial charge in [-0.25, -0.2) is 4.39 Å². The first-order valence-corrected chi connectivity index (χ1v) is 5.68. The van der Waals surface area contributed by atoms with Gasteiger partial charge < -0.3 is 9.47 Å². The molecule has 0 saturated carbocycles. The Morgan fingerprint density at radius 1 is 1.25 bits per heavy atom. The quantitative estimate of drug-likeness (QED) is 0.630. The van der Waals surface area contributed by atoms with Crippen LogP contribution in [0.5, 0.6) is 5.75 Å².